The van der Waals surface area contributed by atoms with Crippen molar-refractivity contribution in [3.63, 3.8) is 0 Å². The number of carbonyl (C=O) groups is 1. The molecule has 1 aromatic carbocycles. The SMILES string of the molecule is CCCn1c(=O)c(-c2noc(CCC(=O)O)n2)nn(-c2cccc(OC)c2)c1=O. The molecular formula is C18H19N5O6. The van der Waals surface area contributed by atoms with Crippen LogP contribution in [0.15, 0.2) is 38.4 Å². The van der Waals surface area contributed by atoms with Crippen molar-refractivity contribution < 1.29 is 19.2 Å². The Kier molecular flexibility index (Phi) is 5.86. The van der Waals surface area contributed by atoms with Crippen molar-refractivity contribution in [3.8, 4) is 23.0 Å². The fourth-order valence-corrected chi connectivity index (χ4v) is 2.65. The first-order valence-corrected chi connectivity index (χ1v) is 8.88. The highest BCUT2D eigenvalue weighted by molar-refractivity contribution is 5.66. The lowest BCUT2D eigenvalue weighted by Crippen LogP contribution is -2.41. The average Bonchev–Trinajstić information content (AvgIpc) is 3.18. The highest BCUT2D eigenvalue weighted by Gasteiger charge is 2.20. The lowest BCUT2D eigenvalue weighted by Gasteiger charge is -2.11. The van der Waals surface area contributed by atoms with Crippen LogP contribution in [0.2, 0.25) is 0 Å². The third-order valence-corrected chi connectivity index (χ3v) is 4.04. The second kappa shape index (κ2) is 8.50. The summed E-state index contributed by atoms with van der Waals surface area (Å²) < 4.78 is 12.3. The van der Waals surface area contributed by atoms with Gasteiger partial charge < -0.3 is 14.4 Å². The van der Waals surface area contributed by atoms with Gasteiger partial charge in [-0.15, -0.1) is 0 Å². The number of methoxy groups -OCH3 is 1. The summed E-state index contributed by atoms with van der Waals surface area (Å²) in [5, 5.41) is 16.7. The predicted octanol–water partition coefficient (Wildman–Crippen LogP) is 0.880. The standard InChI is InChI=1S/C18H19N5O6/c1-3-9-22-17(26)15(16-19-13(29-21-16)7-8-14(24)25)20-23(18(22)27)11-5-4-6-12(10-11)28-2/h4-6,10H,3,7-9H2,1-2H3,(H,24,25). The number of hydrogen-bond donors (Lipinski definition) is 1. The van der Waals surface area contributed by atoms with Crippen LogP contribution in [0.3, 0.4) is 0 Å². The van der Waals surface area contributed by atoms with Crippen LogP contribution in [0, 0.1) is 0 Å². The summed E-state index contributed by atoms with van der Waals surface area (Å²) in [4.78, 5) is 40.4. The van der Waals surface area contributed by atoms with E-state index in [0.717, 1.165) is 9.25 Å². The Morgan fingerprint density at radius 2 is 2.10 bits per heavy atom. The lowest BCUT2D eigenvalue weighted by atomic mass is 10.3. The van der Waals surface area contributed by atoms with Crippen LogP contribution in [0.4, 0.5) is 0 Å². The second-order valence-electron chi connectivity index (χ2n) is 6.11. The molecule has 152 valence electrons. The van der Waals surface area contributed by atoms with E-state index >= 15 is 0 Å². The van der Waals surface area contributed by atoms with Crippen molar-refractivity contribution in [2.45, 2.75) is 32.7 Å². The van der Waals surface area contributed by atoms with E-state index in [4.69, 9.17) is 14.4 Å². The summed E-state index contributed by atoms with van der Waals surface area (Å²) in [5.41, 5.74) is -1.04. The molecule has 0 spiro atoms. The highest BCUT2D eigenvalue weighted by atomic mass is 16.5. The maximum atomic E-state index is 12.8. The summed E-state index contributed by atoms with van der Waals surface area (Å²) in [6.45, 7) is 2.01. The van der Waals surface area contributed by atoms with Crippen molar-refractivity contribution in [3.05, 3.63) is 51.0 Å². The van der Waals surface area contributed by atoms with E-state index in [9.17, 15) is 14.4 Å². The molecule has 11 heteroatoms. The number of carboxylic acid groups (broad SMARTS) is 1. The molecule has 0 fully saturated rings. The minimum absolute atomic E-state index is 0.0149. The summed E-state index contributed by atoms with van der Waals surface area (Å²) in [6, 6.07) is 6.66. The minimum atomic E-state index is -1.01. The van der Waals surface area contributed by atoms with E-state index in [2.05, 4.69) is 15.2 Å². The molecule has 0 bridgehead atoms. The molecule has 0 aliphatic carbocycles. The van der Waals surface area contributed by atoms with Gasteiger partial charge in [-0.1, -0.05) is 18.1 Å². The molecular weight excluding hydrogens is 382 g/mol. The largest absolute Gasteiger partial charge is 0.497 e. The van der Waals surface area contributed by atoms with Crippen LogP contribution >= 0.6 is 0 Å². The molecule has 0 saturated carbocycles. The normalized spacial score (nSPS) is 10.8. The molecule has 0 saturated heterocycles. The number of nitrogens with zero attached hydrogens (tertiary/aromatic N) is 5. The van der Waals surface area contributed by atoms with Crippen LogP contribution in [0.1, 0.15) is 25.7 Å². The Labute approximate surface area is 164 Å². The number of ether oxygens (including phenoxy) is 1. The van der Waals surface area contributed by atoms with Gasteiger partial charge in [-0.2, -0.15) is 14.8 Å². The summed E-state index contributed by atoms with van der Waals surface area (Å²) in [7, 11) is 1.50. The zero-order valence-corrected chi connectivity index (χ0v) is 15.9. The fraction of sp³-hybridized carbons (Fsp3) is 0.333. The molecule has 1 N–H and O–H groups in total. The molecule has 0 unspecified atom stereocenters. The van der Waals surface area contributed by atoms with Gasteiger partial charge in [0.1, 0.15) is 5.75 Å². The van der Waals surface area contributed by atoms with Gasteiger partial charge in [-0.25, -0.2) is 4.79 Å². The van der Waals surface area contributed by atoms with Gasteiger partial charge in [0, 0.05) is 19.0 Å². The number of benzene rings is 1. The van der Waals surface area contributed by atoms with Crippen LogP contribution in [0.5, 0.6) is 5.75 Å². The van der Waals surface area contributed by atoms with Gasteiger partial charge in [0.25, 0.3) is 5.56 Å². The third-order valence-electron chi connectivity index (χ3n) is 4.04. The third kappa shape index (κ3) is 4.23. The zero-order chi connectivity index (χ0) is 21.0. The Hall–Kier alpha value is -3.76. The molecule has 2 heterocycles. The quantitative estimate of drug-likeness (QED) is 0.582. The molecule has 0 atom stereocenters. The summed E-state index contributed by atoms with van der Waals surface area (Å²) >= 11 is 0. The fourth-order valence-electron chi connectivity index (χ4n) is 2.65. The Balaban J connectivity index is 2.14. The number of hydrogen-bond acceptors (Lipinski definition) is 8. The molecule has 29 heavy (non-hydrogen) atoms. The monoisotopic (exact) mass is 401 g/mol. The first kappa shape index (κ1) is 20.0. The predicted molar refractivity (Wildman–Crippen MR) is 100 cm³/mol. The summed E-state index contributed by atoms with van der Waals surface area (Å²) in [6.07, 6.45) is 0.367. The number of aromatic nitrogens is 5. The van der Waals surface area contributed by atoms with Crippen molar-refractivity contribution >= 4 is 5.97 Å². The maximum absolute atomic E-state index is 12.8. The first-order valence-electron chi connectivity index (χ1n) is 8.88. The van der Waals surface area contributed by atoms with E-state index < -0.39 is 17.2 Å². The molecule has 3 aromatic rings. The lowest BCUT2D eigenvalue weighted by molar-refractivity contribution is -0.137. The van der Waals surface area contributed by atoms with Crippen LogP contribution in [0.25, 0.3) is 17.2 Å². The van der Waals surface area contributed by atoms with Gasteiger partial charge in [0.2, 0.25) is 11.7 Å². The van der Waals surface area contributed by atoms with E-state index in [-0.39, 0.29) is 36.8 Å². The maximum Gasteiger partial charge on any atom is 0.352 e. The number of rotatable bonds is 8. The zero-order valence-electron chi connectivity index (χ0n) is 15.9. The smallest absolute Gasteiger partial charge is 0.352 e. The molecule has 2 aromatic heterocycles. The average molecular weight is 401 g/mol. The minimum Gasteiger partial charge on any atom is -0.497 e. The highest BCUT2D eigenvalue weighted by Crippen LogP contribution is 2.15. The second-order valence-corrected chi connectivity index (χ2v) is 6.11. The topological polar surface area (TPSA) is 142 Å². The van der Waals surface area contributed by atoms with Gasteiger partial charge in [-0.05, 0) is 18.6 Å². The molecule has 0 aliphatic heterocycles. The van der Waals surface area contributed by atoms with Crippen molar-refractivity contribution in [1.29, 1.82) is 0 Å². The van der Waals surface area contributed by atoms with Crippen LogP contribution < -0.4 is 16.0 Å². The van der Waals surface area contributed by atoms with E-state index in [0.29, 0.717) is 17.9 Å². The van der Waals surface area contributed by atoms with Gasteiger partial charge in [0.05, 0.1) is 19.2 Å². The number of aliphatic carboxylic acids is 1. The molecule has 0 aliphatic rings. The number of carboxylic acids is 1. The van der Waals surface area contributed by atoms with Crippen molar-refractivity contribution in [2.75, 3.05) is 7.11 Å². The van der Waals surface area contributed by atoms with E-state index in [1.807, 2.05) is 6.92 Å². The Bertz CT molecular complexity index is 1150. The van der Waals surface area contributed by atoms with E-state index in [1.165, 1.54) is 7.11 Å². The number of aryl methyl sites for hydroxylation is 1. The van der Waals surface area contributed by atoms with Gasteiger partial charge >= 0.3 is 11.7 Å². The molecule has 0 amide bonds. The van der Waals surface area contributed by atoms with Crippen molar-refractivity contribution in [1.82, 2.24) is 24.5 Å². The van der Waals surface area contributed by atoms with E-state index in [1.54, 1.807) is 24.3 Å². The molecule has 11 nitrogen and oxygen atoms in total. The Morgan fingerprint density at radius 3 is 2.79 bits per heavy atom. The van der Waals surface area contributed by atoms with Crippen LogP contribution in [-0.2, 0) is 17.8 Å². The Morgan fingerprint density at radius 1 is 1.31 bits per heavy atom. The van der Waals surface area contributed by atoms with Crippen LogP contribution in [-0.4, -0.2) is 42.7 Å². The first-order chi connectivity index (χ1) is 13.9. The molecule has 0 radical (unpaired) electrons. The van der Waals surface area contributed by atoms with Crippen molar-refractivity contribution in [2.24, 2.45) is 0 Å². The summed E-state index contributed by atoms with van der Waals surface area (Å²) in [5.74, 6) is -0.553. The van der Waals surface area contributed by atoms with Gasteiger partial charge in [0.15, 0.2) is 5.69 Å². The molecule has 3 rings (SSSR count). The van der Waals surface area contributed by atoms with Gasteiger partial charge in [-0.3, -0.25) is 14.2 Å².